The molecule has 0 saturated carbocycles. The maximum absolute atomic E-state index is 5.83. The molecular weight excluding hydrogens is 222 g/mol. The highest BCUT2D eigenvalue weighted by molar-refractivity contribution is 5.83. The predicted molar refractivity (Wildman–Crippen MR) is 77.2 cm³/mol. The Morgan fingerprint density at radius 1 is 1.11 bits per heavy atom. The number of ether oxygens (including phenoxy) is 1. The van der Waals surface area contributed by atoms with Gasteiger partial charge in [0.2, 0.25) is 0 Å². The molecule has 0 amide bonds. The average Bonchev–Trinajstić information content (AvgIpc) is 2.42. The van der Waals surface area contributed by atoms with Gasteiger partial charge >= 0.3 is 0 Å². The van der Waals surface area contributed by atoms with Gasteiger partial charge in [0.25, 0.3) is 0 Å². The van der Waals surface area contributed by atoms with Crippen LogP contribution in [0.1, 0.15) is 13.8 Å². The summed E-state index contributed by atoms with van der Waals surface area (Å²) in [7, 11) is 0. The van der Waals surface area contributed by atoms with Crippen LogP contribution in [0.15, 0.2) is 42.5 Å². The van der Waals surface area contributed by atoms with Crippen molar-refractivity contribution in [1.29, 1.82) is 0 Å². The molecule has 0 radical (unpaired) electrons. The Hall–Kier alpha value is -1.54. The summed E-state index contributed by atoms with van der Waals surface area (Å²) in [6.45, 7) is 7.09. The van der Waals surface area contributed by atoms with Crippen LogP contribution in [-0.4, -0.2) is 19.7 Å². The van der Waals surface area contributed by atoms with E-state index < -0.39 is 0 Å². The Balaban J connectivity index is 1.95. The van der Waals surface area contributed by atoms with Gasteiger partial charge in [-0.15, -0.1) is 0 Å². The molecule has 1 unspecified atom stereocenters. The molecule has 2 rings (SSSR count). The maximum Gasteiger partial charge on any atom is 0.119 e. The van der Waals surface area contributed by atoms with Crippen LogP contribution >= 0.6 is 0 Å². The Labute approximate surface area is 109 Å². The van der Waals surface area contributed by atoms with Crippen molar-refractivity contribution in [2.24, 2.45) is 5.92 Å². The quantitative estimate of drug-likeness (QED) is 0.839. The normalized spacial score (nSPS) is 12.6. The van der Waals surface area contributed by atoms with Crippen molar-refractivity contribution >= 4 is 10.8 Å². The number of hydrogen-bond donors (Lipinski definition) is 1. The van der Waals surface area contributed by atoms with Gasteiger partial charge < -0.3 is 10.1 Å². The summed E-state index contributed by atoms with van der Waals surface area (Å²) < 4.78 is 5.83. The molecular formula is C16H21NO. The Bertz CT molecular complexity index is 495. The summed E-state index contributed by atoms with van der Waals surface area (Å²) >= 11 is 0. The number of fused-ring (bicyclic) bond motifs is 1. The van der Waals surface area contributed by atoms with E-state index in [1.807, 2.05) is 6.07 Å². The van der Waals surface area contributed by atoms with Gasteiger partial charge in [-0.3, -0.25) is 0 Å². The minimum absolute atomic E-state index is 0.524. The van der Waals surface area contributed by atoms with Crippen molar-refractivity contribution in [3.63, 3.8) is 0 Å². The van der Waals surface area contributed by atoms with Crippen LogP contribution in [-0.2, 0) is 0 Å². The van der Waals surface area contributed by atoms with Crippen molar-refractivity contribution in [2.45, 2.75) is 13.8 Å². The summed E-state index contributed by atoms with van der Waals surface area (Å²) in [6.07, 6.45) is 0. The summed E-state index contributed by atoms with van der Waals surface area (Å²) in [4.78, 5) is 0. The lowest BCUT2D eigenvalue weighted by molar-refractivity contribution is 0.257. The van der Waals surface area contributed by atoms with Gasteiger partial charge in [-0.2, -0.15) is 0 Å². The van der Waals surface area contributed by atoms with E-state index in [1.54, 1.807) is 0 Å². The van der Waals surface area contributed by atoms with E-state index in [4.69, 9.17) is 4.74 Å². The number of benzene rings is 2. The third-order valence-corrected chi connectivity index (χ3v) is 3.00. The molecule has 0 fully saturated rings. The van der Waals surface area contributed by atoms with Crippen LogP contribution in [0, 0.1) is 5.92 Å². The Morgan fingerprint density at radius 3 is 2.67 bits per heavy atom. The molecule has 0 aliphatic carbocycles. The monoisotopic (exact) mass is 243 g/mol. The van der Waals surface area contributed by atoms with Crippen molar-refractivity contribution < 1.29 is 4.74 Å². The molecule has 2 aromatic rings. The second-order valence-electron chi connectivity index (χ2n) is 4.73. The van der Waals surface area contributed by atoms with Crippen LogP contribution < -0.4 is 10.1 Å². The lowest BCUT2D eigenvalue weighted by Gasteiger charge is -2.13. The largest absolute Gasteiger partial charge is 0.493 e. The van der Waals surface area contributed by atoms with E-state index in [9.17, 15) is 0 Å². The number of nitrogens with one attached hydrogen (secondary N) is 1. The van der Waals surface area contributed by atoms with Crippen molar-refractivity contribution in [3.05, 3.63) is 42.5 Å². The molecule has 0 saturated heterocycles. The van der Waals surface area contributed by atoms with E-state index in [0.717, 1.165) is 25.4 Å². The van der Waals surface area contributed by atoms with E-state index in [2.05, 4.69) is 55.6 Å². The topological polar surface area (TPSA) is 21.3 Å². The lowest BCUT2D eigenvalue weighted by atomic mass is 10.1. The Morgan fingerprint density at radius 2 is 1.89 bits per heavy atom. The van der Waals surface area contributed by atoms with Crippen LogP contribution in [0.4, 0.5) is 0 Å². The van der Waals surface area contributed by atoms with E-state index in [0.29, 0.717) is 5.92 Å². The zero-order chi connectivity index (χ0) is 12.8. The summed E-state index contributed by atoms with van der Waals surface area (Å²) in [6, 6.07) is 14.6. The van der Waals surface area contributed by atoms with Gasteiger partial charge in [0.1, 0.15) is 5.75 Å². The van der Waals surface area contributed by atoms with Crippen molar-refractivity contribution in [3.8, 4) is 5.75 Å². The third-order valence-electron chi connectivity index (χ3n) is 3.00. The SMILES string of the molecule is CCNCC(C)COc1ccc2ccccc2c1. The van der Waals surface area contributed by atoms with Gasteiger partial charge in [-0.05, 0) is 29.4 Å². The molecule has 2 nitrogen and oxygen atoms in total. The van der Waals surface area contributed by atoms with E-state index >= 15 is 0 Å². The van der Waals surface area contributed by atoms with Crippen LogP contribution in [0.25, 0.3) is 10.8 Å². The molecule has 0 aromatic heterocycles. The minimum Gasteiger partial charge on any atom is -0.493 e. The smallest absolute Gasteiger partial charge is 0.119 e. The van der Waals surface area contributed by atoms with Gasteiger partial charge in [0.15, 0.2) is 0 Å². The molecule has 96 valence electrons. The highest BCUT2D eigenvalue weighted by Crippen LogP contribution is 2.20. The van der Waals surface area contributed by atoms with E-state index in [-0.39, 0.29) is 0 Å². The van der Waals surface area contributed by atoms with Crippen molar-refractivity contribution in [2.75, 3.05) is 19.7 Å². The van der Waals surface area contributed by atoms with Gasteiger partial charge in [0.05, 0.1) is 6.61 Å². The van der Waals surface area contributed by atoms with Gasteiger partial charge in [-0.25, -0.2) is 0 Å². The molecule has 1 N–H and O–H groups in total. The number of hydrogen-bond acceptors (Lipinski definition) is 2. The average molecular weight is 243 g/mol. The summed E-state index contributed by atoms with van der Waals surface area (Å²) in [5.41, 5.74) is 0. The molecule has 0 heterocycles. The first-order valence-corrected chi connectivity index (χ1v) is 6.62. The summed E-state index contributed by atoms with van der Waals surface area (Å²) in [5, 5.41) is 5.82. The second-order valence-corrected chi connectivity index (χ2v) is 4.73. The molecule has 1 atom stereocenters. The first-order valence-electron chi connectivity index (χ1n) is 6.62. The van der Waals surface area contributed by atoms with Crippen LogP contribution in [0.3, 0.4) is 0 Å². The fourth-order valence-corrected chi connectivity index (χ4v) is 1.95. The molecule has 18 heavy (non-hydrogen) atoms. The minimum atomic E-state index is 0.524. The van der Waals surface area contributed by atoms with Crippen molar-refractivity contribution in [1.82, 2.24) is 5.32 Å². The predicted octanol–water partition coefficient (Wildman–Crippen LogP) is 3.46. The second kappa shape index (κ2) is 6.41. The Kier molecular flexibility index (Phi) is 4.59. The third kappa shape index (κ3) is 3.47. The lowest BCUT2D eigenvalue weighted by Crippen LogP contribution is -2.24. The molecule has 0 aliphatic rings. The zero-order valence-electron chi connectivity index (χ0n) is 11.1. The summed E-state index contributed by atoms with van der Waals surface area (Å²) in [5.74, 6) is 1.48. The molecule has 2 aromatic carbocycles. The molecule has 0 aliphatic heterocycles. The van der Waals surface area contributed by atoms with Crippen LogP contribution in [0.2, 0.25) is 0 Å². The standard InChI is InChI=1S/C16H21NO/c1-3-17-11-13(2)12-18-16-9-8-14-6-4-5-7-15(14)10-16/h4-10,13,17H,3,11-12H2,1-2H3. The van der Waals surface area contributed by atoms with Gasteiger partial charge in [0, 0.05) is 12.5 Å². The van der Waals surface area contributed by atoms with Crippen LogP contribution in [0.5, 0.6) is 5.75 Å². The maximum atomic E-state index is 5.83. The zero-order valence-corrected chi connectivity index (χ0v) is 11.1. The first-order chi connectivity index (χ1) is 8.79. The number of rotatable bonds is 6. The molecule has 0 bridgehead atoms. The fraction of sp³-hybridized carbons (Fsp3) is 0.375. The first kappa shape index (κ1) is 12.9. The highest BCUT2D eigenvalue weighted by Gasteiger charge is 2.03. The molecule has 0 spiro atoms. The van der Waals surface area contributed by atoms with E-state index in [1.165, 1.54) is 10.8 Å². The highest BCUT2D eigenvalue weighted by atomic mass is 16.5. The fourth-order valence-electron chi connectivity index (χ4n) is 1.95. The molecule has 2 heteroatoms. The van der Waals surface area contributed by atoms with Gasteiger partial charge in [-0.1, -0.05) is 44.2 Å².